The van der Waals surface area contributed by atoms with E-state index in [2.05, 4.69) is 33.5 Å². The van der Waals surface area contributed by atoms with Gasteiger partial charge in [0.1, 0.15) is 10.8 Å². The van der Waals surface area contributed by atoms with Gasteiger partial charge in [-0.2, -0.15) is 0 Å². The molecule has 1 aromatic carbocycles. The van der Waals surface area contributed by atoms with Gasteiger partial charge in [-0.1, -0.05) is 30.0 Å². The quantitative estimate of drug-likeness (QED) is 0.492. The van der Waals surface area contributed by atoms with Crippen LogP contribution >= 0.6 is 11.8 Å². The van der Waals surface area contributed by atoms with Crippen molar-refractivity contribution in [1.29, 1.82) is 0 Å². The van der Waals surface area contributed by atoms with E-state index in [-0.39, 0.29) is 6.10 Å². The molecule has 7 heteroatoms. The van der Waals surface area contributed by atoms with Crippen molar-refractivity contribution < 1.29 is 5.11 Å². The zero-order chi connectivity index (χ0) is 20.3. The van der Waals surface area contributed by atoms with E-state index in [1.807, 2.05) is 53.3 Å². The fraction of sp³-hybridized carbons (Fsp3) is 0.261. The molecule has 0 spiro atoms. The summed E-state index contributed by atoms with van der Waals surface area (Å²) in [5, 5.41) is 19.0. The lowest BCUT2D eigenvalue weighted by atomic mass is 9.93. The van der Waals surface area contributed by atoms with Gasteiger partial charge in [0.05, 0.1) is 18.0 Å². The van der Waals surface area contributed by atoms with E-state index in [0.29, 0.717) is 6.04 Å². The van der Waals surface area contributed by atoms with Crippen LogP contribution in [-0.2, 0) is 0 Å². The van der Waals surface area contributed by atoms with Gasteiger partial charge < -0.3 is 10.4 Å². The second-order valence-corrected chi connectivity index (χ2v) is 8.67. The molecule has 0 unspecified atom stereocenters. The highest BCUT2D eigenvalue weighted by molar-refractivity contribution is 7.99. The van der Waals surface area contributed by atoms with Gasteiger partial charge in [-0.05, 0) is 62.1 Å². The number of pyridine rings is 1. The lowest BCUT2D eigenvalue weighted by molar-refractivity contribution is 0.126. The largest absolute Gasteiger partial charge is 0.393 e. The SMILES string of the molecule is OC1CCC(Nc2ccc3ncc(-c4ccnc(Sc5ccccc5)c4)n3n2)CC1. The number of nitrogens with one attached hydrogen (secondary N) is 1. The van der Waals surface area contributed by atoms with Crippen molar-refractivity contribution in [2.24, 2.45) is 0 Å². The molecule has 3 aromatic heterocycles. The van der Waals surface area contributed by atoms with Crippen molar-refractivity contribution >= 4 is 23.2 Å². The first kappa shape index (κ1) is 19.1. The van der Waals surface area contributed by atoms with Crippen molar-refractivity contribution in [2.75, 3.05) is 5.32 Å². The van der Waals surface area contributed by atoms with Gasteiger partial charge in [-0.25, -0.2) is 14.5 Å². The third-order valence-corrected chi connectivity index (χ3v) is 6.35. The smallest absolute Gasteiger partial charge is 0.154 e. The number of anilines is 1. The minimum absolute atomic E-state index is 0.159. The van der Waals surface area contributed by atoms with Crippen molar-refractivity contribution in [2.45, 2.75) is 47.8 Å². The Morgan fingerprint density at radius 1 is 0.967 bits per heavy atom. The minimum Gasteiger partial charge on any atom is -0.393 e. The van der Waals surface area contributed by atoms with Crippen molar-refractivity contribution in [1.82, 2.24) is 19.6 Å². The number of aromatic nitrogens is 4. The summed E-state index contributed by atoms with van der Waals surface area (Å²) in [6.07, 6.45) is 7.13. The van der Waals surface area contributed by atoms with Crippen LogP contribution in [0.25, 0.3) is 16.9 Å². The molecule has 1 aliphatic rings. The Labute approximate surface area is 179 Å². The summed E-state index contributed by atoms with van der Waals surface area (Å²) in [6.45, 7) is 0. The molecule has 0 radical (unpaired) electrons. The number of aliphatic hydroxyl groups is 1. The molecule has 6 nitrogen and oxygen atoms in total. The number of nitrogens with zero attached hydrogens (tertiary/aromatic N) is 4. The Morgan fingerprint density at radius 3 is 2.63 bits per heavy atom. The third-order valence-electron chi connectivity index (χ3n) is 5.41. The van der Waals surface area contributed by atoms with Crippen LogP contribution in [0.4, 0.5) is 5.82 Å². The van der Waals surface area contributed by atoms with Crippen molar-refractivity contribution in [3.63, 3.8) is 0 Å². The first-order valence-corrected chi connectivity index (χ1v) is 11.0. The summed E-state index contributed by atoms with van der Waals surface area (Å²) in [7, 11) is 0. The summed E-state index contributed by atoms with van der Waals surface area (Å²) >= 11 is 1.64. The highest BCUT2D eigenvalue weighted by atomic mass is 32.2. The molecule has 2 N–H and O–H groups in total. The average Bonchev–Trinajstić information content (AvgIpc) is 3.20. The maximum Gasteiger partial charge on any atom is 0.154 e. The Bertz CT molecular complexity index is 1140. The lowest BCUT2D eigenvalue weighted by Gasteiger charge is -2.26. The molecule has 152 valence electrons. The van der Waals surface area contributed by atoms with E-state index in [1.54, 1.807) is 11.8 Å². The molecule has 0 saturated heterocycles. The van der Waals surface area contributed by atoms with Gasteiger partial charge in [0.2, 0.25) is 0 Å². The van der Waals surface area contributed by atoms with Gasteiger partial charge in [0.25, 0.3) is 0 Å². The number of fused-ring (bicyclic) bond motifs is 1. The van der Waals surface area contributed by atoms with Gasteiger partial charge >= 0.3 is 0 Å². The Kier molecular flexibility index (Phi) is 5.38. The second-order valence-electron chi connectivity index (χ2n) is 7.58. The summed E-state index contributed by atoms with van der Waals surface area (Å²) in [5.74, 6) is 0.830. The zero-order valence-electron chi connectivity index (χ0n) is 16.5. The molecule has 1 fully saturated rings. The van der Waals surface area contributed by atoms with Gasteiger partial charge in [0.15, 0.2) is 5.65 Å². The number of hydrogen-bond donors (Lipinski definition) is 2. The highest BCUT2D eigenvalue weighted by Crippen LogP contribution is 2.29. The molecule has 0 aliphatic heterocycles. The summed E-state index contributed by atoms with van der Waals surface area (Å²) < 4.78 is 1.88. The van der Waals surface area contributed by atoms with Crippen molar-refractivity contribution in [3.05, 3.63) is 67.0 Å². The first-order chi connectivity index (χ1) is 14.7. The maximum absolute atomic E-state index is 9.72. The van der Waals surface area contributed by atoms with E-state index >= 15 is 0 Å². The van der Waals surface area contributed by atoms with Crippen molar-refractivity contribution in [3.8, 4) is 11.3 Å². The molecule has 0 amide bonds. The Balaban J connectivity index is 1.41. The maximum atomic E-state index is 9.72. The fourth-order valence-corrected chi connectivity index (χ4v) is 4.64. The topological polar surface area (TPSA) is 75.3 Å². The van der Waals surface area contributed by atoms with Crippen LogP contribution in [-0.4, -0.2) is 36.8 Å². The summed E-state index contributed by atoms with van der Waals surface area (Å²) in [4.78, 5) is 10.2. The van der Waals surface area contributed by atoms with E-state index in [4.69, 9.17) is 5.10 Å². The van der Waals surface area contributed by atoms with E-state index < -0.39 is 0 Å². The van der Waals surface area contributed by atoms with E-state index in [9.17, 15) is 5.11 Å². The van der Waals surface area contributed by atoms with Crippen LogP contribution in [0.15, 0.2) is 76.9 Å². The van der Waals surface area contributed by atoms with Gasteiger partial charge in [-0.15, -0.1) is 5.10 Å². The van der Waals surface area contributed by atoms with Crippen LogP contribution in [0.1, 0.15) is 25.7 Å². The average molecular weight is 418 g/mol. The van der Waals surface area contributed by atoms with E-state index in [0.717, 1.165) is 58.3 Å². The monoisotopic (exact) mass is 417 g/mol. The summed E-state index contributed by atoms with van der Waals surface area (Å²) in [6, 6.07) is 18.6. The molecule has 30 heavy (non-hydrogen) atoms. The van der Waals surface area contributed by atoms with Gasteiger partial charge in [0, 0.05) is 22.7 Å². The van der Waals surface area contributed by atoms with Crippen LogP contribution in [0, 0.1) is 0 Å². The molecule has 0 atom stereocenters. The number of benzene rings is 1. The van der Waals surface area contributed by atoms with E-state index in [1.165, 1.54) is 0 Å². The molecular formula is C23H23N5OS. The predicted octanol–water partition coefficient (Wildman–Crippen LogP) is 4.66. The second kappa shape index (κ2) is 8.45. The molecule has 1 aliphatic carbocycles. The fourth-order valence-electron chi connectivity index (χ4n) is 3.81. The number of imidazole rings is 1. The Hall–Kier alpha value is -2.90. The van der Waals surface area contributed by atoms with Crippen LogP contribution in [0.5, 0.6) is 0 Å². The molecule has 5 rings (SSSR count). The standard InChI is InChI=1S/C23H23N5OS/c29-18-8-6-17(7-9-18)26-21-10-11-22-25-15-20(28(22)27-21)16-12-13-24-23(14-16)30-19-4-2-1-3-5-19/h1-5,10-15,17-18,29H,6-9H2,(H,26,27). The number of rotatable bonds is 5. The molecule has 4 aromatic rings. The molecule has 0 bridgehead atoms. The lowest BCUT2D eigenvalue weighted by Crippen LogP contribution is -2.28. The highest BCUT2D eigenvalue weighted by Gasteiger charge is 2.19. The summed E-state index contributed by atoms with van der Waals surface area (Å²) in [5.41, 5.74) is 2.77. The predicted molar refractivity (Wildman–Crippen MR) is 119 cm³/mol. The number of aliphatic hydroxyl groups excluding tert-OH is 1. The third kappa shape index (κ3) is 4.17. The number of hydrogen-bond acceptors (Lipinski definition) is 6. The Morgan fingerprint density at radius 2 is 1.80 bits per heavy atom. The molecule has 1 saturated carbocycles. The normalized spacial score (nSPS) is 19.1. The zero-order valence-corrected chi connectivity index (χ0v) is 17.3. The first-order valence-electron chi connectivity index (χ1n) is 10.2. The van der Waals surface area contributed by atoms with Crippen LogP contribution in [0.2, 0.25) is 0 Å². The minimum atomic E-state index is -0.159. The molecular weight excluding hydrogens is 394 g/mol. The molecule has 3 heterocycles. The van der Waals surface area contributed by atoms with Crippen LogP contribution < -0.4 is 5.32 Å². The van der Waals surface area contributed by atoms with Crippen LogP contribution in [0.3, 0.4) is 0 Å². The van der Waals surface area contributed by atoms with Gasteiger partial charge in [-0.3, -0.25) is 0 Å².